The van der Waals surface area contributed by atoms with E-state index >= 15 is 0 Å². The molecule has 3 aromatic carbocycles. The third-order valence-corrected chi connectivity index (χ3v) is 7.96. The molecule has 6 nitrogen and oxygen atoms in total. The fourth-order valence-electron chi connectivity index (χ4n) is 5.43. The van der Waals surface area contributed by atoms with E-state index in [0.717, 1.165) is 16.7 Å². The average Bonchev–Trinajstić information content (AvgIpc) is 3.28. The molecule has 2 heterocycles. The van der Waals surface area contributed by atoms with Crippen LogP contribution in [0.4, 0.5) is 4.79 Å². The number of urea groups is 1. The van der Waals surface area contributed by atoms with Gasteiger partial charge in [-0.15, -0.1) is 0 Å². The average molecular weight is 552 g/mol. The van der Waals surface area contributed by atoms with E-state index in [9.17, 15) is 9.59 Å². The highest BCUT2D eigenvalue weighted by Gasteiger charge is 2.32. The third kappa shape index (κ3) is 6.32. The van der Waals surface area contributed by atoms with Gasteiger partial charge in [0.2, 0.25) is 5.91 Å². The molecule has 8 heteroatoms. The van der Waals surface area contributed by atoms with Gasteiger partial charge < -0.3 is 15.1 Å². The Hall–Kier alpha value is -3.06. The number of rotatable bonds is 7. The molecule has 38 heavy (non-hydrogen) atoms. The predicted octanol–water partition coefficient (Wildman–Crippen LogP) is 5.46. The number of carbonyl (C=O) groups is 2. The Labute approximate surface area is 234 Å². The fourth-order valence-corrected chi connectivity index (χ4v) is 5.87. The van der Waals surface area contributed by atoms with E-state index in [0.29, 0.717) is 62.3 Å². The number of likely N-dealkylation sites (tertiary alicyclic amines) is 1. The van der Waals surface area contributed by atoms with Crippen LogP contribution in [0, 0.1) is 5.92 Å². The van der Waals surface area contributed by atoms with Gasteiger partial charge >= 0.3 is 6.03 Å². The van der Waals surface area contributed by atoms with E-state index in [-0.39, 0.29) is 23.9 Å². The molecule has 0 radical (unpaired) electrons. The lowest BCUT2D eigenvalue weighted by atomic mass is 9.96. The van der Waals surface area contributed by atoms with E-state index in [2.05, 4.69) is 22.3 Å². The Morgan fingerprint density at radius 1 is 0.921 bits per heavy atom. The van der Waals surface area contributed by atoms with Gasteiger partial charge in [0, 0.05) is 68.2 Å². The number of carbonyl (C=O) groups excluding carboxylic acids is 2. The molecule has 2 saturated heterocycles. The maximum absolute atomic E-state index is 13.0. The summed E-state index contributed by atoms with van der Waals surface area (Å²) in [6.45, 7) is 4.42. The van der Waals surface area contributed by atoms with Crippen molar-refractivity contribution in [2.24, 2.45) is 5.92 Å². The lowest BCUT2D eigenvalue weighted by Crippen LogP contribution is -2.53. The first-order valence-electron chi connectivity index (χ1n) is 13.1. The van der Waals surface area contributed by atoms with Crippen molar-refractivity contribution in [1.82, 2.24) is 20.0 Å². The molecule has 3 amide bonds. The highest BCUT2D eigenvalue weighted by Crippen LogP contribution is 2.35. The van der Waals surface area contributed by atoms with Gasteiger partial charge in [-0.3, -0.25) is 9.69 Å². The molecule has 2 aliphatic heterocycles. The molecular formula is C30H32Cl2N4O2. The first-order chi connectivity index (χ1) is 18.5. The molecule has 3 aromatic rings. The minimum Gasteiger partial charge on any atom is -0.338 e. The Kier molecular flexibility index (Phi) is 8.52. The first-order valence-corrected chi connectivity index (χ1v) is 13.8. The lowest BCUT2D eigenvalue weighted by molar-refractivity contribution is -0.128. The predicted molar refractivity (Wildman–Crippen MR) is 151 cm³/mol. The minimum atomic E-state index is -0.0735. The van der Waals surface area contributed by atoms with Crippen molar-refractivity contribution >= 4 is 35.1 Å². The summed E-state index contributed by atoms with van der Waals surface area (Å²) in [7, 11) is 0. The summed E-state index contributed by atoms with van der Waals surface area (Å²) in [6, 6.07) is 25.7. The standard InChI is InChI=1S/C30H32Cl2N4O2/c31-25-10-6-9-24(18-25)29(26-11-4-5-12-27(26)32)34-13-15-35(16-14-34)30(38)33-19-23-17-28(37)36(21-23)20-22-7-2-1-3-8-22/h1-12,18,23,29H,13-17,19-21H2,(H,33,38)/t23-,29+/m0/s1. The number of hydrogen-bond donors (Lipinski definition) is 1. The van der Waals surface area contributed by atoms with Crippen LogP contribution in [0.1, 0.15) is 29.2 Å². The number of benzene rings is 3. The number of amides is 3. The fraction of sp³-hybridized carbons (Fsp3) is 0.333. The second-order valence-electron chi connectivity index (χ2n) is 10.0. The van der Waals surface area contributed by atoms with Crippen molar-refractivity contribution in [3.8, 4) is 0 Å². The molecule has 0 unspecified atom stereocenters. The number of hydrogen-bond acceptors (Lipinski definition) is 3. The maximum Gasteiger partial charge on any atom is 0.317 e. The van der Waals surface area contributed by atoms with E-state index < -0.39 is 0 Å². The second-order valence-corrected chi connectivity index (χ2v) is 10.9. The number of halogens is 2. The van der Waals surface area contributed by atoms with Crippen molar-refractivity contribution in [3.05, 3.63) is 106 Å². The van der Waals surface area contributed by atoms with E-state index in [1.165, 1.54) is 0 Å². The van der Waals surface area contributed by atoms with Gasteiger partial charge in [0.15, 0.2) is 0 Å². The van der Waals surface area contributed by atoms with Crippen LogP contribution in [0.25, 0.3) is 0 Å². The van der Waals surface area contributed by atoms with Crippen LogP contribution in [-0.4, -0.2) is 65.9 Å². The van der Waals surface area contributed by atoms with Crippen molar-refractivity contribution in [3.63, 3.8) is 0 Å². The van der Waals surface area contributed by atoms with Crippen LogP contribution in [0.3, 0.4) is 0 Å². The second kappa shape index (κ2) is 12.2. The van der Waals surface area contributed by atoms with Crippen LogP contribution >= 0.6 is 23.2 Å². The van der Waals surface area contributed by atoms with Crippen molar-refractivity contribution in [2.75, 3.05) is 39.3 Å². The maximum atomic E-state index is 13.0. The molecule has 0 aliphatic carbocycles. The zero-order valence-corrected chi connectivity index (χ0v) is 22.7. The molecule has 2 atom stereocenters. The van der Waals surface area contributed by atoms with Gasteiger partial charge in [-0.1, -0.05) is 83.9 Å². The zero-order valence-electron chi connectivity index (χ0n) is 21.2. The minimum absolute atomic E-state index is 0.0484. The van der Waals surface area contributed by atoms with Gasteiger partial charge in [-0.25, -0.2) is 4.79 Å². The summed E-state index contributed by atoms with van der Waals surface area (Å²) < 4.78 is 0. The topological polar surface area (TPSA) is 55.9 Å². The monoisotopic (exact) mass is 550 g/mol. The SMILES string of the molecule is O=C1C[C@@H](CNC(=O)N2CCN([C@H](c3cccc(Cl)c3)c3ccccc3Cl)CC2)CN1Cc1ccccc1. The van der Waals surface area contributed by atoms with Crippen LogP contribution in [0.2, 0.25) is 10.0 Å². The van der Waals surface area contributed by atoms with Crippen molar-refractivity contribution in [1.29, 1.82) is 0 Å². The third-order valence-electron chi connectivity index (χ3n) is 7.38. The molecule has 0 saturated carbocycles. The smallest absolute Gasteiger partial charge is 0.317 e. The molecule has 2 fully saturated rings. The lowest BCUT2D eigenvalue weighted by Gasteiger charge is -2.40. The highest BCUT2D eigenvalue weighted by atomic mass is 35.5. The Bertz CT molecular complexity index is 1260. The van der Waals surface area contributed by atoms with Crippen molar-refractivity contribution in [2.45, 2.75) is 19.0 Å². The van der Waals surface area contributed by atoms with Gasteiger partial charge in [0.25, 0.3) is 0 Å². The zero-order chi connectivity index (χ0) is 26.5. The summed E-state index contributed by atoms with van der Waals surface area (Å²) >= 11 is 12.9. The quantitative estimate of drug-likeness (QED) is 0.425. The normalized spacial score (nSPS) is 19.0. The summed E-state index contributed by atoms with van der Waals surface area (Å²) in [5.41, 5.74) is 3.23. The van der Waals surface area contributed by atoms with Gasteiger partial charge in [0.05, 0.1) is 6.04 Å². The Morgan fingerprint density at radius 3 is 2.39 bits per heavy atom. The highest BCUT2D eigenvalue weighted by molar-refractivity contribution is 6.31. The Morgan fingerprint density at radius 2 is 1.66 bits per heavy atom. The summed E-state index contributed by atoms with van der Waals surface area (Å²) in [4.78, 5) is 31.6. The van der Waals surface area contributed by atoms with Gasteiger partial charge in [-0.05, 0) is 34.9 Å². The first kappa shape index (κ1) is 26.5. The number of piperazine rings is 1. The largest absolute Gasteiger partial charge is 0.338 e. The van der Waals surface area contributed by atoms with E-state index in [1.54, 1.807) is 0 Å². The van der Waals surface area contributed by atoms with Gasteiger partial charge in [-0.2, -0.15) is 0 Å². The molecular weight excluding hydrogens is 519 g/mol. The number of nitrogens with one attached hydrogen (secondary N) is 1. The van der Waals surface area contributed by atoms with Crippen LogP contribution in [0.15, 0.2) is 78.9 Å². The Balaban J connectivity index is 1.16. The summed E-state index contributed by atoms with van der Waals surface area (Å²) in [6.07, 6.45) is 0.472. The molecule has 5 rings (SSSR count). The summed E-state index contributed by atoms with van der Waals surface area (Å²) in [5.74, 6) is 0.275. The van der Waals surface area contributed by atoms with Crippen LogP contribution in [0.5, 0.6) is 0 Å². The molecule has 198 valence electrons. The number of nitrogens with zero attached hydrogens (tertiary/aromatic N) is 3. The summed E-state index contributed by atoms with van der Waals surface area (Å²) in [5, 5.41) is 4.47. The van der Waals surface area contributed by atoms with E-state index in [4.69, 9.17) is 23.2 Å². The molecule has 2 aliphatic rings. The van der Waals surface area contributed by atoms with Crippen molar-refractivity contribution < 1.29 is 9.59 Å². The van der Waals surface area contributed by atoms with Crippen LogP contribution < -0.4 is 5.32 Å². The molecule has 0 aromatic heterocycles. The molecule has 1 N–H and O–H groups in total. The molecule has 0 bridgehead atoms. The van der Waals surface area contributed by atoms with E-state index in [1.807, 2.05) is 76.5 Å². The molecule has 0 spiro atoms. The van der Waals surface area contributed by atoms with Gasteiger partial charge in [0.1, 0.15) is 0 Å². The van der Waals surface area contributed by atoms with Crippen LogP contribution in [-0.2, 0) is 11.3 Å².